The molecule has 0 bridgehead atoms. The molecule has 0 radical (unpaired) electrons. The number of hydrogen-bond donors (Lipinski definition) is 1. The van der Waals surface area contributed by atoms with Crippen LogP contribution in [0.5, 0.6) is 0 Å². The Hall–Kier alpha value is -1.74. The molecule has 0 aromatic carbocycles. The van der Waals surface area contributed by atoms with Crippen molar-refractivity contribution in [3.63, 3.8) is 0 Å². The van der Waals surface area contributed by atoms with Crippen LogP contribution in [0.1, 0.15) is 24.8 Å². The zero-order valence-electron chi connectivity index (χ0n) is 13.7. The molecule has 3 amide bonds. The first-order valence-electron chi connectivity index (χ1n) is 7.68. The van der Waals surface area contributed by atoms with Crippen LogP contribution in [-0.2, 0) is 16.1 Å². The molecule has 1 aliphatic heterocycles. The summed E-state index contributed by atoms with van der Waals surface area (Å²) in [5.41, 5.74) is 0. The molecule has 1 aliphatic rings. The summed E-state index contributed by atoms with van der Waals surface area (Å²) in [5, 5.41) is 11.9. The van der Waals surface area contributed by atoms with E-state index in [0.717, 1.165) is 17.8 Å². The molecule has 0 spiro atoms. The third kappa shape index (κ3) is 4.87. The van der Waals surface area contributed by atoms with E-state index in [1.54, 1.807) is 19.0 Å². The second-order valence-corrected chi connectivity index (χ2v) is 6.65. The molecule has 9 heteroatoms. The summed E-state index contributed by atoms with van der Waals surface area (Å²) in [6.07, 6.45) is 1.59. The minimum Gasteiger partial charge on any atom is -0.374 e. The van der Waals surface area contributed by atoms with Crippen LogP contribution in [0.4, 0.5) is 9.93 Å². The molecule has 128 valence electrons. The number of carbonyl (C=O) groups is 2. The second-order valence-electron chi connectivity index (χ2n) is 5.59. The Morgan fingerprint density at radius 2 is 2.22 bits per heavy atom. The largest absolute Gasteiger partial charge is 0.374 e. The van der Waals surface area contributed by atoms with Crippen molar-refractivity contribution < 1.29 is 14.3 Å². The molecule has 1 aromatic rings. The van der Waals surface area contributed by atoms with E-state index in [0.29, 0.717) is 31.4 Å². The summed E-state index contributed by atoms with van der Waals surface area (Å²) in [4.78, 5) is 27.6. The lowest BCUT2D eigenvalue weighted by Crippen LogP contribution is -2.47. The average Bonchev–Trinajstić information content (AvgIpc) is 2.99. The summed E-state index contributed by atoms with van der Waals surface area (Å²) in [6.45, 7) is 4.05. The third-order valence-electron chi connectivity index (χ3n) is 3.57. The van der Waals surface area contributed by atoms with Crippen LogP contribution < -0.4 is 5.32 Å². The van der Waals surface area contributed by atoms with Crippen molar-refractivity contribution in [1.29, 1.82) is 0 Å². The monoisotopic (exact) mass is 341 g/mol. The first-order valence-corrected chi connectivity index (χ1v) is 8.50. The number of aromatic nitrogens is 2. The van der Waals surface area contributed by atoms with Crippen molar-refractivity contribution >= 4 is 28.4 Å². The molecule has 8 nitrogen and oxygen atoms in total. The predicted octanol–water partition coefficient (Wildman–Crippen LogP) is 1.41. The summed E-state index contributed by atoms with van der Waals surface area (Å²) >= 11 is 1.31. The minimum absolute atomic E-state index is 0.0579. The molecule has 1 atom stereocenters. The van der Waals surface area contributed by atoms with Crippen molar-refractivity contribution in [2.75, 3.05) is 39.1 Å². The average molecular weight is 341 g/mol. The zero-order valence-corrected chi connectivity index (χ0v) is 14.6. The van der Waals surface area contributed by atoms with Gasteiger partial charge < -0.3 is 19.9 Å². The summed E-state index contributed by atoms with van der Waals surface area (Å²) in [5.74, 6) is -0.327. The molecule has 0 unspecified atom stereocenters. The van der Waals surface area contributed by atoms with Gasteiger partial charge >= 0.3 is 6.03 Å². The number of ether oxygens (including phenoxy) is 1. The molecule has 1 aromatic heterocycles. The summed E-state index contributed by atoms with van der Waals surface area (Å²) in [7, 11) is 3.43. The van der Waals surface area contributed by atoms with Gasteiger partial charge in [-0.3, -0.25) is 4.79 Å². The van der Waals surface area contributed by atoms with Gasteiger partial charge in [0.25, 0.3) is 0 Å². The number of likely N-dealkylation sites (tertiary alicyclic amines) is 1. The number of rotatable bonds is 5. The van der Waals surface area contributed by atoms with Crippen molar-refractivity contribution in [3.05, 3.63) is 5.01 Å². The van der Waals surface area contributed by atoms with Gasteiger partial charge in [0.1, 0.15) is 11.6 Å². The van der Waals surface area contributed by atoms with E-state index < -0.39 is 0 Å². The molecule has 2 heterocycles. The first kappa shape index (κ1) is 17.6. The quantitative estimate of drug-likeness (QED) is 0.875. The Morgan fingerprint density at radius 1 is 1.43 bits per heavy atom. The smallest absolute Gasteiger partial charge is 0.319 e. The Bertz CT molecular complexity index is 548. The highest BCUT2D eigenvalue weighted by atomic mass is 32.1. The van der Waals surface area contributed by atoms with E-state index in [4.69, 9.17) is 4.74 Å². The molecule has 1 fully saturated rings. The highest BCUT2D eigenvalue weighted by Crippen LogP contribution is 2.21. The van der Waals surface area contributed by atoms with E-state index in [-0.39, 0.29) is 17.9 Å². The van der Waals surface area contributed by atoms with Crippen LogP contribution in [0.25, 0.3) is 0 Å². The van der Waals surface area contributed by atoms with E-state index in [9.17, 15) is 9.59 Å². The SMILES string of the molecule is CCOCc1nnc(NC(=O)[C@H]2CCCN(C(=O)N(C)C)C2)s1. The van der Waals surface area contributed by atoms with Gasteiger partial charge in [-0.05, 0) is 19.8 Å². The summed E-state index contributed by atoms with van der Waals surface area (Å²) in [6, 6.07) is -0.0579. The molecule has 1 saturated heterocycles. The fourth-order valence-electron chi connectivity index (χ4n) is 2.41. The number of carbonyl (C=O) groups excluding carboxylic acids is 2. The molecule has 2 rings (SSSR count). The van der Waals surface area contributed by atoms with Crippen LogP contribution in [0.3, 0.4) is 0 Å². The lowest BCUT2D eigenvalue weighted by Gasteiger charge is -2.33. The maximum atomic E-state index is 12.4. The van der Waals surface area contributed by atoms with Crippen LogP contribution in [-0.4, -0.2) is 65.7 Å². The fraction of sp³-hybridized carbons (Fsp3) is 0.714. The number of nitrogens with one attached hydrogen (secondary N) is 1. The van der Waals surface area contributed by atoms with Crippen LogP contribution in [0.15, 0.2) is 0 Å². The zero-order chi connectivity index (χ0) is 16.8. The minimum atomic E-state index is -0.216. The van der Waals surface area contributed by atoms with E-state index in [1.807, 2.05) is 6.92 Å². The normalized spacial score (nSPS) is 17.9. The van der Waals surface area contributed by atoms with Crippen LogP contribution in [0, 0.1) is 5.92 Å². The van der Waals surface area contributed by atoms with Gasteiger partial charge in [0.05, 0.1) is 5.92 Å². The fourth-order valence-corrected chi connectivity index (χ4v) is 3.09. The summed E-state index contributed by atoms with van der Waals surface area (Å²) < 4.78 is 5.26. The van der Waals surface area contributed by atoms with Gasteiger partial charge in [-0.1, -0.05) is 11.3 Å². The van der Waals surface area contributed by atoms with E-state index in [1.165, 1.54) is 16.2 Å². The van der Waals surface area contributed by atoms with Crippen molar-refractivity contribution in [1.82, 2.24) is 20.0 Å². The molecule has 23 heavy (non-hydrogen) atoms. The number of nitrogens with zero attached hydrogens (tertiary/aromatic N) is 4. The lowest BCUT2D eigenvalue weighted by molar-refractivity contribution is -0.121. The van der Waals surface area contributed by atoms with Crippen molar-refractivity contribution in [3.8, 4) is 0 Å². The van der Waals surface area contributed by atoms with Gasteiger partial charge in [-0.25, -0.2) is 4.79 Å². The van der Waals surface area contributed by atoms with E-state index >= 15 is 0 Å². The van der Waals surface area contributed by atoms with Gasteiger partial charge in [-0.15, -0.1) is 10.2 Å². The van der Waals surface area contributed by atoms with Crippen LogP contribution in [0.2, 0.25) is 0 Å². The Kier molecular flexibility index (Phi) is 6.28. The van der Waals surface area contributed by atoms with Crippen molar-refractivity contribution in [2.45, 2.75) is 26.4 Å². The molecular weight excluding hydrogens is 318 g/mol. The number of amides is 3. The van der Waals surface area contributed by atoms with Gasteiger partial charge in [-0.2, -0.15) is 0 Å². The predicted molar refractivity (Wildman–Crippen MR) is 87.2 cm³/mol. The Balaban J connectivity index is 1.89. The van der Waals surface area contributed by atoms with Gasteiger partial charge in [0.15, 0.2) is 0 Å². The highest BCUT2D eigenvalue weighted by Gasteiger charge is 2.29. The molecule has 0 saturated carbocycles. The van der Waals surface area contributed by atoms with Crippen LogP contribution >= 0.6 is 11.3 Å². The van der Waals surface area contributed by atoms with E-state index in [2.05, 4.69) is 15.5 Å². The number of piperidine rings is 1. The standard InChI is InChI=1S/C14H23N5O3S/c1-4-22-9-11-16-17-13(23-11)15-12(20)10-6-5-7-19(8-10)14(21)18(2)3/h10H,4-9H2,1-3H3,(H,15,17,20)/t10-/m0/s1. The first-order chi connectivity index (χ1) is 11.0. The molecule has 1 N–H and O–H groups in total. The Morgan fingerprint density at radius 3 is 2.91 bits per heavy atom. The van der Waals surface area contributed by atoms with Gasteiger partial charge in [0.2, 0.25) is 11.0 Å². The highest BCUT2D eigenvalue weighted by molar-refractivity contribution is 7.15. The number of urea groups is 1. The lowest BCUT2D eigenvalue weighted by atomic mass is 9.97. The molecular formula is C14H23N5O3S. The third-order valence-corrected chi connectivity index (χ3v) is 4.38. The van der Waals surface area contributed by atoms with Crippen molar-refractivity contribution in [2.24, 2.45) is 5.92 Å². The number of hydrogen-bond acceptors (Lipinski definition) is 6. The number of anilines is 1. The Labute approximate surface area is 139 Å². The maximum Gasteiger partial charge on any atom is 0.319 e. The molecule has 0 aliphatic carbocycles. The second kappa shape index (κ2) is 8.21. The maximum absolute atomic E-state index is 12.4. The topological polar surface area (TPSA) is 87.7 Å². The van der Waals surface area contributed by atoms with Gasteiger partial charge in [0, 0.05) is 33.8 Å².